The lowest BCUT2D eigenvalue weighted by Crippen LogP contribution is -2.44. The summed E-state index contributed by atoms with van der Waals surface area (Å²) in [5.74, 6) is -0.445. The van der Waals surface area contributed by atoms with E-state index in [4.69, 9.17) is 4.74 Å². The number of carbonyl (C=O) groups is 1. The van der Waals surface area contributed by atoms with Crippen LogP contribution in [0.5, 0.6) is 0 Å². The van der Waals surface area contributed by atoms with Gasteiger partial charge in [0.25, 0.3) is 5.91 Å². The summed E-state index contributed by atoms with van der Waals surface area (Å²) < 4.78 is 31.3. The van der Waals surface area contributed by atoms with Crippen molar-refractivity contribution in [2.75, 3.05) is 19.8 Å². The lowest BCUT2D eigenvalue weighted by Gasteiger charge is -2.38. The van der Waals surface area contributed by atoms with Gasteiger partial charge >= 0.3 is 6.55 Å². The molecule has 1 saturated heterocycles. The van der Waals surface area contributed by atoms with Crippen molar-refractivity contribution < 1.29 is 18.3 Å². The van der Waals surface area contributed by atoms with E-state index in [0.717, 1.165) is 19.0 Å². The van der Waals surface area contributed by atoms with Gasteiger partial charge in [-0.15, -0.1) is 0 Å². The Bertz CT molecular complexity index is 763. The third-order valence-electron chi connectivity index (χ3n) is 4.91. The quantitative estimate of drug-likeness (QED) is 0.886. The number of halogens is 2. The summed E-state index contributed by atoms with van der Waals surface area (Å²) in [6.45, 7) is 3.03. The van der Waals surface area contributed by atoms with E-state index in [-0.39, 0.29) is 11.1 Å². The average Bonchev–Trinajstić information content (AvgIpc) is 3.10. The number of hydrogen-bond donors (Lipinski definition) is 1. The first-order chi connectivity index (χ1) is 12.4. The standard InChI is InChI=1S/C19H23F2N3O2/c1-13-9-14(2)11-15(10-13)19(4-7-26-8-5-19)12-22-17(25)16-3-6-24(23-16)18(20)21/h3,6,9-11,18H,4-5,7-8,12H2,1-2H3,(H,22,25). The molecule has 1 aliphatic heterocycles. The van der Waals surface area contributed by atoms with Crippen LogP contribution in [-0.2, 0) is 10.2 Å². The first-order valence-electron chi connectivity index (χ1n) is 8.68. The smallest absolute Gasteiger partial charge is 0.333 e. The normalized spacial score (nSPS) is 16.7. The average molecular weight is 363 g/mol. The summed E-state index contributed by atoms with van der Waals surface area (Å²) in [5, 5.41) is 6.51. The second kappa shape index (κ2) is 7.53. The Morgan fingerprint density at radius 1 is 1.27 bits per heavy atom. The molecule has 7 heteroatoms. The van der Waals surface area contributed by atoms with Crippen molar-refractivity contribution in [1.29, 1.82) is 0 Å². The van der Waals surface area contributed by atoms with Gasteiger partial charge in [-0.2, -0.15) is 13.9 Å². The van der Waals surface area contributed by atoms with Crippen LogP contribution in [-0.4, -0.2) is 35.4 Å². The number of alkyl halides is 2. The van der Waals surface area contributed by atoms with Crippen molar-refractivity contribution in [3.8, 4) is 0 Å². The molecule has 0 spiro atoms. The molecule has 0 saturated carbocycles. The van der Waals surface area contributed by atoms with Gasteiger partial charge in [0, 0.05) is 31.4 Å². The Balaban J connectivity index is 1.79. The fraction of sp³-hybridized carbons (Fsp3) is 0.474. The van der Waals surface area contributed by atoms with Gasteiger partial charge < -0.3 is 10.1 Å². The zero-order valence-corrected chi connectivity index (χ0v) is 15.0. The third kappa shape index (κ3) is 3.93. The van der Waals surface area contributed by atoms with E-state index in [1.165, 1.54) is 22.8 Å². The van der Waals surface area contributed by atoms with Gasteiger partial charge in [0.05, 0.1) is 0 Å². The maximum Gasteiger partial charge on any atom is 0.333 e. The van der Waals surface area contributed by atoms with Crippen LogP contribution in [0.3, 0.4) is 0 Å². The van der Waals surface area contributed by atoms with Gasteiger partial charge in [0.15, 0.2) is 0 Å². The summed E-state index contributed by atoms with van der Waals surface area (Å²) in [5.41, 5.74) is 3.29. The van der Waals surface area contributed by atoms with E-state index in [2.05, 4.69) is 42.5 Å². The lowest BCUT2D eigenvalue weighted by molar-refractivity contribution is 0.0482. The second-order valence-electron chi connectivity index (χ2n) is 6.91. The Hall–Kier alpha value is -2.28. The Morgan fingerprint density at radius 2 is 1.92 bits per heavy atom. The number of aryl methyl sites for hydroxylation is 2. The minimum atomic E-state index is -2.76. The first kappa shape index (κ1) is 18.5. The number of benzene rings is 1. The Morgan fingerprint density at radius 3 is 2.50 bits per heavy atom. The molecule has 0 unspecified atom stereocenters. The van der Waals surface area contributed by atoms with Gasteiger partial charge in [-0.1, -0.05) is 29.3 Å². The van der Waals surface area contributed by atoms with Crippen LogP contribution < -0.4 is 5.32 Å². The monoisotopic (exact) mass is 363 g/mol. The number of amides is 1. The molecule has 3 rings (SSSR count). The molecule has 1 amide bonds. The number of aromatic nitrogens is 2. The van der Waals surface area contributed by atoms with E-state index in [1.807, 2.05) is 0 Å². The molecule has 1 aromatic heterocycles. The van der Waals surface area contributed by atoms with Crippen molar-refractivity contribution in [3.05, 3.63) is 52.8 Å². The molecule has 5 nitrogen and oxygen atoms in total. The first-order valence-corrected chi connectivity index (χ1v) is 8.68. The summed E-state index contributed by atoms with van der Waals surface area (Å²) in [4.78, 5) is 12.4. The zero-order valence-electron chi connectivity index (χ0n) is 15.0. The predicted octanol–water partition coefficient (Wildman–Crippen LogP) is 3.37. The van der Waals surface area contributed by atoms with Gasteiger partial charge in [0.1, 0.15) is 5.69 Å². The zero-order chi connectivity index (χ0) is 18.7. The second-order valence-corrected chi connectivity index (χ2v) is 6.91. The van der Waals surface area contributed by atoms with Crippen molar-refractivity contribution >= 4 is 5.91 Å². The fourth-order valence-electron chi connectivity index (χ4n) is 3.52. The summed E-state index contributed by atoms with van der Waals surface area (Å²) in [6.07, 6.45) is 2.69. The number of carbonyl (C=O) groups excluding carboxylic acids is 1. The van der Waals surface area contributed by atoms with Gasteiger partial charge in [-0.05, 0) is 38.3 Å². The molecular weight excluding hydrogens is 340 g/mol. The van der Waals surface area contributed by atoms with Crippen LogP contribution in [0.2, 0.25) is 0 Å². The highest BCUT2D eigenvalue weighted by Gasteiger charge is 2.35. The minimum absolute atomic E-state index is 0.00654. The molecule has 1 N–H and O–H groups in total. The highest BCUT2D eigenvalue weighted by Crippen LogP contribution is 2.35. The largest absolute Gasteiger partial charge is 0.381 e. The maximum absolute atomic E-state index is 12.6. The topological polar surface area (TPSA) is 56.2 Å². The van der Waals surface area contributed by atoms with Crippen LogP contribution in [0.1, 0.15) is 46.6 Å². The van der Waals surface area contributed by atoms with Crippen LogP contribution in [0.25, 0.3) is 0 Å². The molecule has 2 heterocycles. The minimum Gasteiger partial charge on any atom is -0.381 e. The van der Waals surface area contributed by atoms with Crippen molar-refractivity contribution in [3.63, 3.8) is 0 Å². The van der Waals surface area contributed by atoms with Crippen molar-refractivity contribution in [2.24, 2.45) is 0 Å². The molecular formula is C19H23F2N3O2. The number of nitrogens with zero attached hydrogens (tertiary/aromatic N) is 2. The number of hydrogen-bond acceptors (Lipinski definition) is 3. The van der Waals surface area contributed by atoms with E-state index in [9.17, 15) is 13.6 Å². The molecule has 0 bridgehead atoms. The Labute approximate surface area is 151 Å². The highest BCUT2D eigenvalue weighted by atomic mass is 19.3. The molecule has 0 atom stereocenters. The van der Waals surface area contributed by atoms with Crippen LogP contribution >= 0.6 is 0 Å². The number of nitrogens with one attached hydrogen (secondary N) is 1. The van der Waals surface area contributed by atoms with E-state index >= 15 is 0 Å². The summed E-state index contributed by atoms with van der Waals surface area (Å²) >= 11 is 0. The van der Waals surface area contributed by atoms with E-state index < -0.39 is 12.5 Å². The molecule has 0 radical (unpaired) electrons. The molecule has 2 aromatic rings. The van der Waals surface area contributed by atoms with Crippen LogP contribution in [0, 0.1) is 13.8 Å². The highest BCUT2D eigenvalue weighted by molar-refractivity contribution is 5.92. The molecule has 1 fully saturated rings. The maximum atomic E-state index is 12.6. The lowest BCUT2D eigenvalue weighted by atomic mass is 9.73. The molecule has 26 heavy (non-hydrogen) atoms. The summed E-state index contributed by atoms with van der Waals surface area (Å²) in [7, 11) is 0. The molecule has 140 valence electrons. The fourth-order valence-corrected chi connectivity index (χ4v) is 3.52. The number of rotatable bonds is 5. The number of ether oxygens (including phenoxy) is 1. The SMILES string of the molecule is Cc1cc(C)cc(C2(CNC(=O)c3ccn(C(F)F)n3)CCOCC2)c1. The van der Waals surface area contributed by atoms with Crippen molar-refractivity contribution in [2.45, 2.75) is 38.7 Å². The van der Waals surface area contributed by atoms with Gasteiger partial charge in [-0.25, -0.2) is 4.68 Å². The predicted molar refractivity (Wildman–Crippen MR) is 93.5 cm³/mol. The van der Waals surface area contributed by atoms with Crippen LogP contribution in [0.15, 0.2) is 30.5 Å². The van der Waals surface area contributed by atoms with Crippen LogP contribution in [0.4, 0.5) is 8.78 Å². The van der Waals surface area contributed by atoms with Gasteiger partial charge in [0.2, 0.25) is 0 Å². The molecule has 1 aromatic carbocycles. The van der Waals surface area contributed by atoms with E-state index in [0.29, 0.717) is 24.4 Å². The van der Waals surface area contributed by atoms with Gasteiger partial charge in [-0.3, -0.25) is 4.79 Å². The van der Waals surface area contributed by atoms with E-state index in [1.54, 1.807) is 0 Å². The Kier molecular flexibility index (Phi) is 5.36. The molecule has 0 aliphatic carbocycles. The summed E-state index contributed by atoms with van der Waals surface area (Å²) in [6, 6.07) is 7.72. The van der Waals surface area contributed by atoms with Crippen molar-refractivity contribution in [1.82, 2.24) is 15.1 Å². The molecule has 1 aliphatic rings. The third-order valence-corrected chi connectivity index (χ3v) is 4.91.